The van der Waals surface area contributed by atoms with Crippen LogP contribution >= 0.6 is 0 Å². The smallest absolute Gasteiger partial charge is 0.0500 e. The highest BCUT2D eigenvalue weighted by atomic mass is 15.2. The lowest BCUT2D eigenvalue weighted by Crippen LogP contribution is -2.29. The van der Waals surface area contributed by atoms with Crippen LogP contribution in [-0.2, 0) is 6.42 Å². The van der Waals surface area contributed by atoms with Crippen molar-refractivity contribution < 1.29 is 0 Å². The average Bonchev–Trinajstić information content (AvgIpc) is 2.52. The third kappa shape index (κ3) is 2.97. The Morgan fingerprint density at radius 3 is 2.52 bits per heavy atom. The van der Waals surface area contributed by atoms with Gasteiger partial charge in [-0.15, -0.1) is 0 Å². The predicted molar refractivity (Wildman–Crippen MR) is 88.9 cm³/mol. The van der Waals surface area contributed by atoms with Gasteiger partial charge < -0.3 is 0 Å². The van der Waals surface area contributed by atoms with E-state index >= 15 is 0 Å². The number of hydrogen-bond donors (Lipinski definition) is 2. The Morgan fingerprint density at radius 2 is 1.71 bits per heavy atom. The molecule has 0 aliphatic carbocycles. The molecule has 3 aromatic rings. The molecule has 0 amide bonds. The van der Waals surface area contributed by atoms with E-state index in [9.17, 15) is 0 Å². The molecule has 2 nitrogen and oxygen atoms in total. The van der Waals surface area contributed by atoms with Crippen molar-refractivity contribution in [3.63, 3.8) is 0 Å². The highest BCUT2D eigenvalue weighted by Gasteiger charge is 2.12. The van der Waals surface area contributed by atoms with Crippen LogP contribution in [0.2, 0.25) is 0 Å². The molecule has 3 aromatic carbocycles. The Kier molecular flexibility index (Phi) is 4.00. The molecule has 0 heterocycles. The highest BCUT2D eigenvalue weighted by molar-refractivity contribution is 5.85. The lowest BCUT2D eigenvalue weighted by molar-refractivity contribution is 0.553. The van der Waals surface area contributed by atoms with Crippen molar-refractivity contribution in [1.82, 2.24) is 5.43 Å². The van der Waals surface area contributed by atoms with Crippen LogP contribution in [0.4, 0.5) is 0 Å². The zero-order valence-corrected chi connectivity index (χ0v) is 12.2. The van der Waals surface area contributed by atoms with E-state index in [1.807, 2.05) is 0 Å². The Labute approximate surface area is 125 Å². The van der Waals surface area contributed by atoms with E-state index in [4.69, 9.17) is 5.84 Å². The molecule has 0 radical (unpaired) electrons. The maximum Gasteiger partial charge on any atom is 0.0500 e. The van der Waals surface area contributed by atoms with E-state index in [1.165, 1.54) is 27.5 Å². The predicted octanol–water partition coefficient (Wildman–Crippen LogP) is 3.90. The molecule has 3 N–H and O–H groups in total. The molecular weight excluding hydrogens is 256 g/mol. The lowest BCUT2D eigenvalue weighted by Gasteiger charge is -2.18. The summed E-state index contributed by atoms with van der Waals surface area (Å²) in [4.78, 5) is 0. The standard InChI is InChI=1S/C19H20N2/c1-14-6-4-10-17(12-14)19(21-20)13-16-9-5-8-15-7-2-3-11-18(15)16/h2-12,19,21H,13,20H2,1H3. The maximum absolute atomic E-state index is 5.80. The van der Waals surface area contributed by atoms with Gasteiger partial charge in [-0.05, 0) is 35.2 Å². The van der Waals surface area contributed by atoms with Gasteiger partial charge in [0.1, 0.15) is 0 Å². The normalized spacial score (nSPS) is 12.5. The number of hydrogen-bond acceptors (Lipinski definition) is 2. The molecule has 1 atom stereocenters. The zero-order valence-electron chi connectivity index (χ0n) is 12.2. The second-order valence-electron chi connectivity index (χ2n) is 5.48. The van der Waals surface area contributed by atoms with Crippen LogP contribution in [0.3, 0.4) is 0 Å². The molecule has 106 valence electrons. The van der Waals surface area contributed by atoms with Crippen LogP contribution in [0.25, 0.3) is 10.8 Å². The van der Waals surface area contributed by atoms with Crippen molar-refractivity contribution >= 4 is 10.8 Å². The molecule has 3 rings (SSSR count). The zero-order chi connectivity index (χ0) is 14.7. The van der Waals surface area contributed by atoms with Crippen LogP contribution in [-0.4, -0.2) is 0 Å². The fourth-order valence-electron chi connectivity index (χ4n) is 2.85. The fraction of sp³-hybridized carbons (Fsp3) is 0.158. The largest absolute Gasteiger partial charge is 0.271 e. The summed E-state index contributed by atoms with van der Waals surface area (Å²) >= 11 is 0. The van der Waals surface area contributed by atoms with Gasteiger partial charge in [0.05, 0.1) is 6.04 Å². The molecule has 0 fully saturated rings. The first-order valence-electron chi connectivity index (χ1n) is 7.27. The van der Waals surface area contributed by atoms with E-state index in [0.717, 1.165) is 6.42 Å². The molecule has 1 unspecified atom stereocenters. The van der Waals surface area contributed by atoms with Gasteiger partial charge in [-0.2, -0.15) is 0 Å². The molecule has 0 spiro atoms. The van der Waals surface area contributed by atoms with Crippen molar-refractivity contribution in [2.45, 2.75) is 19.4 Å². The second kappa shape index (κ2) is 6.08. The number of aryl methyl sites for hydroxylation is 1. The number of fused-ring (bicyclic) bond motifs is 1. The summed E-state index contributed by atoms with van der Waals surface area (Å²) in [5.74, 6) is 5.80. The summed E-state index contributed by atoms with van der Waals surface area (Å²) in [6, 6.07) is 23.6. The summed E-state index contributed by atoms with van der Waals surface area (Å²) < 4.78 is 0. The van der Waals surface area contributed by atoms with Crippen molar-refractivity contribution in [2.24, 2.45) is 5.84 Å². The van der Waals surface area contributed by atoms with Crippen LogP contribution in [0.1, 0.15) is 22.7 Å². The molecular formula is C19H20N2. The van der Waals surface area contributed by atoms with Gasteiger partial charge in [0.25, 0.3) is 0 Å². The Hall–Kier alpha value is -2.16. The Bertz CT molecular complexity index is 744. The molecule has 0 aliphatic heterocycles. The average molecular weight is 276 g/mol. The number of nitrogens with one attached hydrogen (secondary N) is 1. The third-order valence-electron chi connectivity index (χ3n) is 3.95. The topological polar surface area (TPSA) is 38.0 Å². The van der Waals surface area contributed by atoms with Gasteiger partial charge in [-0.25, -0.2) is 0 Å². The van der Waals surface area contributed by atoms with Gasteiger partial charge in [-0.3, -0.25) is 11.3 Å². The maximum atomic E-state index is 5.80. The van der Waals surface area contributed by atoms with Crippen LogP contribution < -0.4 is 11.3 Å². The quantitative estimate of drug-likeness (QED) is 0.560. The molecule has 2 heteroatoms. The summed E-state index contributed by atoms with van der Waals surface area (Å²) in [7, 11) is 0. The first-order valence-corrected chi connectivity index (χ1v) is 7.27. The number of nitrogens with two attached hydrogens (primary N) is 1. The van der Waals surface area contributed by atoms with Gasteiger partial charge >= 0.3 is 0 Å². The Balaban J connectivity index is 1.96. The van der Waals surface area contributed by atoms with E-state index in [0.29, 0.717) is 0 Å². The van der Waals surface area contributed by atoms with Crippen molar-refractivity contribution in [3.05, 3.63) is 83.4 Å². The Morgan fingerprint density at radius 1 is 0.952 bits per heavy atom. The molecule has 21 heavy (non-hydrogen) atoms. The number of rotatable bonds is 4. The van der Waals surface area contributed by atoms with Crippen molar-refractivity contribution in [2.75, 3.05) is 0 Å². The molecule has 0 aliphatic rings. The summed E-state index contributed by atoms with van der Waals surface area (Å²) in [6.07, 6.45) is 0.876. The highest BCUT2D eigenvalue weighted by Crippen LogP contribution is 2.24. The molecule has 0 saturated carbocycles. The molecule has 0 bridgehead atoms. The third-order valence-corrected chi connectivity index (χ3v) is 3.95. The van der Waals surface area contributed by atoms with Gasteiger partial charge in [0, 0.05) is 0 Å². The number of benzene rings is 3. The van der Waals surface area contributed by atoms with Gasteiger partial charge in [0.2, 0.25) is 0 Å². The van der Waals surface area contributed by atoms with Crippen LogP contribution in [0, 0.1) is 6.92 Å². The van der Waals surface area contributed by atoms with Crippen molar-refractivity contribution in [3.8, 4) is 0 Å². The minimum Gasteiger partial charge on any atom is -0.271 e. The summed E-state index contributed by atoms with van der Waals surface area (Å²) in [5, 5.41) is 2.57. The van der Waals surface area contributed by atoms with Gasteiger partial charge in [-0.1, -0.05) is 72.3 Å². The molecule has 0 saturated heterocycles. The lowest BCUT2D eigenvalue weighted by atomic mass is 9.94. The van der Waals surface area contributed by atoms with Gasteiger partial charge in [0.15, 0.2) is 0 Å². The first kappa shape index (κ1) is 13.8. The molecule has 0 aromatic heterocycles. The van der Waals surface area contributed by atoms with Crippen LogP contribution in [0.15, 0.2) is 66.7 Å². The summed E-state index contributed by atoms with van der Waals surface area (Å²) in [5.41, 5.74) is 6.76. The summed E-state index contributed by atoms with van der Waals surface area (Å²) in [6.45, 7) is 2.11. The van der Waals surface area contributed by atoms with Crippen LogP contribution in [0.5, 0.6) is 0 Å². The van der Waals surface area contributed by atoms with E-state index < -0.39 is 0 Å². The van der Waals surface area contributed by atoms with E-state index in [1.54, 1.807) is 0 Å². The number of hydrazine groups is 1. The van der Waals surface area contributed by atoms with Crippen molar-refractivity contribution in [1.29, 1.82) is 0 Å². The second-order valence-corrected chi connectivity index (χ2v) is 5.48. The van der Waals surface area contributed by atoms with E-state index in [2.05, 4.69) is 79.1 Å². The fourth-order valence-corrected chi connectivity index (χ4v) is 2.85. The SMILES string of the molecule is Cc1cccc(C(Cc2cccc3ccccc23)NN)c1. The minimum absolute atomic E-state index is 0.121. The van der Waals surface area contributed by atoms with E-state index in [-0.39, 0.29) is 6.04 Å². The monoisotopic (exact) mass is 276 g/mol. The minimum atomic E-state index is 0.121. The first-order chi connectivity index (χ1) is 10.3.